The molecular formula is C21H27NO. The summed E-state index contributed by atoms with van der Waals surface area (Å²) >= 11 is 0. The summed E-state index contributed by atoms with van der Waals surface area (Å²) < 4.78 is 0. The second kappa shape index (κ2) is 7.96. The monoisotopic (exact) mass is 309 g/mol. The van der Waals surface area contributed by atoms with Crippen molar-refractivity contribution in [2.45, 2.75) is 40.0 Å². The molecule has 0 aliphatic carbocycles. The standard InChI is InChI=1S/C21H27NO/c1-5-22(20-9-7-6-8-10-20)21(23)17(4)19-13-11-18(12-14-19)15-16(2)3/h6-14,16-17H,5,15H2,1-4H3. The lowest BCUT2D eigenvalue weighted by atomic mass is 9.95. The van der Waals surface area contributed by atoms with Gasteiger partial charge in [-0.2, -0.15) is 0 Å². The van der Waals surface area contributed by atoms with E-state index in [0.29, 0.717) is 12.5 Å². The predicted molar refractivity (Wildman–Crippen MR) is 97.9 cm³/mol. The van der Waals surface area contributed by atoms with Crippen molar-refractivity contribution in [1.29, 1.82) is 0 Å². The largest absolute Gasteiger partial charge is 0.312 e. The molecule has 1 atom stereocenters. The lowest BCUT2D eigenvalue weighted by Gasteiger charge is -2.25. The average Bonchev–Trinajstić information content (AvgIpc) is 2.56. The first kappa shape index (κ1) is 17.3. The minimum atomic E-state index is -0.136. The van der Waals surface area contributed by atoms with Gasteiger partial charge in [-0.3, -0.25) is 4.79 Å². The van der Waals surface area contributed by atoms with E-state index in [9.17, 15) is 4.79 Å². The Morgan fingerprint density at radius 1 is 0.957 bits per heavy atom. The molecule has 0 spiro atoms. The Bertz CT molecular complexity index is 616. The molecule has 2 nitrogen and oxygen atoms in total. The highest BCUT2D eigenvalue weighted by atomic mass is 16.2. The Kier molecular flexibility index (Phi) is 5.97. The second-order valence-corrected chi connectivity index (χ2v) is 6.48. The minimum absolute atomic E-state index is 0.136. The maximum atomic E-state index is 12.9. The third kappa shape index (κ3) is 4.44. The van der Waals surface area contributed by atoms with Crippen molar-refractivity contribution in [1.82, 2.24) is 0 Å². The Hall–Kier alpha value is -2.09. The van der Waals surface area contributed by atoms with Crippen LogP contribution in [-0.4, -0.2) is 12.5 Å². The third-order valence-corrected chi connectivity index (χ3v) is 4.14. The van der Waals surface area contributed by atoms with Gasteiger partial charge in [0.2, 0.25) is 5.91 Å². The quantitative estimate of drug-likeness (QED) is 0.732. The fraction of sp³-hybridized carbons (Fsp3) is 0.381. The number of amides is 1. The van der Waals surface area contributed by atoms with E-state index in [2.05, 4.69) is 38.1 Å². The van der Waals surface area contributed by atoms with Gasteiger partial charge >= 0.3 is 0 Å². The first-order valence-corrected chi connectivity index (χ1v) is 8.48. The van der Waals surface area contributed by atoms with E-state index in [4.69, 9.17) is 0 Å². The molecule has 0 aliphatic heterocycles. The molecule has 0 N–H and O–H groups in total. The Balaban J connectivity index is 2.15. The van der Waals surface area contributed by atoms with Crippen LogP contribution in [0.15, 0.2) is 54.6 Å². The number of likely N-dealkylation sites (N-methyl/N-ethyl adjacent to an activating group) is 1. The van der Waals surface area contributed by atoms with Crippen LogP contribution >= 0.6 is 0 Å². The molecule has 0 saturated carbocycles. The van der Waals surface area contributed by atoms with E-state index in [1.54, 1.807) is 0 Å². The number of rotatable bonds is 6. The van der Waals surface area contributed by atoms with Crippen molar-refractivity contribution in [3.8, 4) is 0 Å². The Labute approximate surface area is 140 Å². The zero-order valence-corrected chi connectivity index (χ0v) is 14.6. The molecule has 1 unspecified atom stereocenters. The van der Waals surface area contributed by atoms with Crippen LogP contribution in [0.4, 0.5) is 5.69 Å². The molecule has 2 rings (SSSR count). The Morgan fingerprint density at radius 2 is 1.57 bits per heavy atom. The highest BCUT2D eigenvalue weighted by Crippen LogP contribution is 2.23. The van der Waals surface area contributed by atoms with Crippen LogP contribution in [-0.2, 0) is 11.2 Å². The minimum Gasteiger partial charge on any atom is -0.312 e. The van der Waals surface area contributed by atoms with Gasteiger partial charge in [0.25, 0.3) is 0 Å². The van der Waals surface area contributed by atoms with Gasteiger partial charge in [0.15, 0.2) is 0 Å². The molecule has 0 fully saturated rings. The SMILES string of the molecule is CCN(C(=O)C(C)c1ccc(CC(C)C)cc1)c1ccccc1. The highest BCUT2D eigenvalue weighted by Gasteiger charge is 2.22. The molecule has 1 amide bonds. The molecule has 2 aromatic carbocycles. The molecule has 0 saturated heterocycles. The smallest absolute Gasteiger partial charge is 0.234 e. The van der Waals surface area contributed by atoms with Gasteiger partial charge in [0.05, 0.1) is 5.92 Å². The fourth-order valence-corrected chi connectivity index (χ4v) is 2.86. The van der Waals surface area contributed by atoms with Crippen molar-refractivity contribution in [2.75, 3.05) is 11.4 Å². The van der Waals surface area contributed by atoms with Gasteiger partial charge in [-0.15, -0.1) is 0 Å². The first-order valence-electron chi connectivity index (χ1n) is 8.48. The molecule has 0 aromatic heterocycles. The lowest BCUT2D eigenvalue weighted by molar-refractivity contribution is -0.119. The van der Waals surface area contributed by atoms with Crippen molar-refractivity contribution in [3.05, 3.63) is 65.7 Å². The highest BCUT2D eigenvalue weighted by molar-refractivity contribution is 5.97. The van der Waals surface area contributed by atoms with Crippen LogP contribution in [0, 0.1) is 5.92 Å². The van der Waals surface area contributed by atoms with Crippen LogP contribution in [0.2, 0.25) is 0 Å². The number of nitrogens with zero attached hydrogens (tertiary/aromatic N) is 1. The molecular weight excluding hydrogens is 282 g/mol. The molecule has 122 valence electrons. The van der Waals surface area contributed by atoms with Crippen molar-refractivity contribution in [2.24, 2.45) is 5.92 Å². The van der Waals surface area contributed by atoms with E-state index >= 15 is 0 Å². The van der Waals surface area contributed by atoms with E-state index in [-0.39, 0.29) is 11.8 Å². The number of para-hydroxylation sites is 1. The zero-order chi connectivity index (χ0) is 16.8. The summed E-state index contributed by atoms with van der Waals surface area (Å²) in [5.74, 6) is 0.659. The van der Waals surface area contributed by atoms with Crippen molar-refractivity contribution < 1.29 is 4.79 Å². The van der Waals surface area contributed by atoms with Gasteiger partial charge in [0.1, 0.15) is 0 Å². The van der Waals surface area contributed by atoms with Crippen LogP contribution in [0.5, 0.6) is 0 Å². The Morgan fingerprint density at radius 3 is 2.09 bits per heavy atom. The maximum Gasteiger partial charge on any atom is 0.234 e. The number of benzene rings is 2. The summed E-state index contributed by atoms with van der Waals surface area (Å²) in [6, 6.07) is 18.4. The molecule has 2 aromatic rings. The maximum absolute atomic E-state index is 12.9. The molecule has 0 bridgehead atoms. The van der Waals surface area contributed by atoms with Gasteiger partial charge in [-0.25, -0.2) is 0 Å². The van der Waals surface area contributed by atoms with Gasteiger partial charge in [-0.05, 0) is 49.4 Å². The number of hydrogen-bond donors (Lipinski definition) is 0. The number of carbonyl (C=O) groups is 1. The fourth-order valence-electron chi connectivity index (χ4n) is 2.86. The van der Waals surface area contributed by atoms with E-state index in [0.717, 1.165) is 17.7 Å². The third-order valence-electron chi connectivity index (χ3n) is 4.14. The van der Waals surface area contributed by atoms with Gasteiger partial charge in [-0.1, -0.05) is 56.3 Å². The average molecular weight is 309 g/mol. The summed E-state index contributed by atoms with van der Waals surface area (Å²) in [6.07, 6.45) is 1.08. The van der Waals surface area contributed by atoms with Crippen molar-refractivity contribution in [3.63, 3.8) is 0 Å². The lowest BCUT2D eigenvalue weighted by Crippen LogP contribution is -2.34. The van der Waals surface area contributed by atoms with Crippen LogP contribution in [0.3, 0.4) is 0 Å². The summed E-state index contributed by atoms with van der Waals surface area (Å²) in [7, 11) is 0. The van der Waals surface area contributed by atoms with Crippen LogP contribution in [0.25, 0.3) is 0 Å². The molecule has 2 heteroatoms. The molecule has 0 aliphatic rings. The summed E-state index contributed by atoms with van der Waals surface area (Å²) in [5.41, 5.74) is 3.37. The number of carbonyl (C=O) groups excluding carboxylic acids is 1. The molecule has 0 heterocycles. The van der Waals surface area contributed by atoms with E-state index in [1.807, 2.05) is 49.1 Å². The van der Waals surface area contributed by atoms with E-state index in [1.165, 1.54) is 5.56 Å². The summed E-state index contributed by atoms with van der Waals surface area (Å²) in [5, 5.41) is 0. The van der Waals surface area contributed by atoms with Gasteiger partial charge < -0.3 is 4.90 Å². The van der Waals surface area contributed by atoms with Crippen LogP contribution < -0.4 is 4.90 Å². The van der Waals surface area contributed by atoms with Gasteiger partial charge in [0, 0.05) is 12.2 Å². The predicted octanol–water partition coefficient (Wildman–Crippen LogP) is 5.04. The van der Waals surface area contributed by atoms with Crippen LogP contribution in [0.1, 0.15) is 44.7 Å². The second-order valence-electron chi connectivity index (χ2n) is 6.48. The van der Waals surface area contributed by atoms with E-state index < -0.39 is 0 Å². The number of hydrogen-bond acceptors (Lipinski definition) is 1. The zero-order valence-electron chi connectivity index (χ0n) is 14.6. The summed E-state index contributed by atoms with van der Waals surface area (Å²) in [6.45, 7) is 9.13. The topological polar surface area (TPSA) is 20.3 Å². The molecule has 0 radical (unpaired) electrons. The molecule has 23 heavy (non-hydrogen) atoms. The van der Waals surface area contributed by atoms with Crippen molar-refractivity contribution >= 4 is 11.6 Å². The summed E-state index contributed by atoms with van der Waals surface area (Å²) in [4.78, 5) is 14.7. The first-order chi connectivity index (χ1) is 11.0. The normalized spacial score (nSPS) is 12.2. The number of anilines is 1.